The molecule has 4 unspecified atom stereocenters. The fourth-order valence-electron chi connectivity index (χ4n) is 4.50. The highest BCUT2D eigenvalue weighted by Gasteiger charge is 2.61. The van der Waals surface area contributed by atoms with E-state index in [4.69, 9.17) is 0 Å². The molecule has 19 heavy (non-hydrogen) atoms. The molecule has 4 nitrogen and oxygen atoms in total. The van der Waals surface area contributed by atoms with Crippen LogP contribution in [0.4, 0.5) is 0 Å². The zero-order chi connectivity index (χ0) is 13.8. The molecule has 0 radical (unpaired) electrons. The minimum atomic E-state index is -0.168. The Morgan fingerprint density at radius 3 is 2.58 bits per heavy atom. The van der Waals surface area contributed by atoms with Gasteiger partial charge in [0.25, 0.3) is 0 Å². The van der Waals surface area contributed by atoms with Gasteiger partial charge in [-0.25, -0.2) is 0 Å². The first-order chi connectivity index (χ1) is 8.84. The van der Waals surface area contributed by atoms with Crippen LogP contribution in [0.25, 0.3) is 0 Å². The van der Waals surface area contributed by atoms with Crippen molar-refractivity contribution in [3.05, 3.63) is 0 Å². The molecule has 2 aliphatic carbocycles. The van der Waals surface area contributed by atoms with E-state index in [-0.39, 0.29) is 29.2 Å². The van der Waals surface area contributed by atoms with Crippen LogP contribution in [0, 0.1) is 22.7 Å². The van der Waals surface area contributed by atoms with Crippen molar-refractivity contribution in [2.75, 3.05) is 6.54 Å². The third kappa shape index (κ3) is 1.72. The fourth-order valence-corrected chi connectivity index (χ4v) is 4.50. The molecule has 2 amide bonds. The number of amides is 2. The second-order valence-corrected chi connectivity index (χ2v) is 7.38. The van der Waals surface area contributed by atoms with Crippen LogP contribution in [0.3, 0.4) is 0 Å². The molecule has 0 aromatic rings. The van der Waals surface area contributed by atoms with Gasteiger partial charge in [-0.1, -0.05) is 20.8 Å². The fraction of sp³-hybridized carbons (Fsp3) is 0.867. The number of carbonyl (C=O) groups excluding carboxylic acids is 2. The van der Waals surface area contributed by atoms with Gasteiger partial charge in [-0.3, -0.25) is 9.59 Å². The van der Waals surface area contributed by atoms with Gasteiger partial charge >= 0.3 is 0 Å². The average Bonchev–Trinajstić information content (AvgIpc) is 2.91. The third-order valence-corrected chi connectivity index (χ3v) is 6.46. The van der Waals surface area contributed by atoms with Crippen LogP contribution in [-0.4, -0.2) is 24.4 Å². The molecule has 0 aromatic carbocycles. The molecule has 106 valence electrons. The summed E-state index contributed by atoms with van der Waals surface area (Å²) in [5.41, 5.74) is 0.526. The van der Waals surface area contributed by atoms with Crippen LogP contribution in [0.2, 0.25) is 0 Å². The van der Waals surface area contributed by atoms with E-state index in [1.807, 2.05) is 0 Å². The molecule has 2 bridgehead atoms. The van der Waals surface area contributed by atoms with Gasteiger partial charge in [0, 0.05) is 19.0 Å². The summed E-state index contributed by atoms with van der Waals surface area (Å²) in [4.78, 5) is 23.5. The van der Waals surface area contributed by atoms with Crippen molar-refractivity contribution in [1.29, 1.82) is 0 Å². The van der Waals surface area contributed by atoms with E-state index in [0.717, 1.165) is 12.3 Å². The van der Waals surface area contributed by atoms with Gasteiger partial charge in [0.2, 0.25) is 11.8 Å². The maximum absolute atomic E-state index is 12.3. The zero-order valence-electron chi connectivity index (χ0n) is 12.1. The van der Waals surface area contributed by atoms with Crippen LogP contribution < -0.4 is 10.6 Å². The minimum absolute atomic E-state index is 0.000339. The predicted octanol–water partition coefficient (Wildman–Crippen LogP) is 1.45. The summed E-state index contributed by atoms with van der Waals surface area (Å²) in [6, 6.07) is 0.282. The molecule has 3 fully saturated rings. The lowest BCUT2D eigenvalue weighted by molar-refractivity contribution is -0.128. The van der Waals surface area contributed by atoms with E-state index in [0.29, 0.717) is 18.4 Å². The lowest BCUT2D eigenvalue weighted by Crippen LogP contribution is -2.48. The SMILES string of the molecule is CC1(C)C2CCC1(C)C(NC(=O)C1CNC(=O)C1)C2. The zero-order valence-corrected chi connectivity index (χ0v) is 12.1. The van der Waals surface area contributed by atoms with Crippen LogP contribution in [0.15, 0.2) is 0 Å². The number of hydrogen-bond acceptors (Lipinski definition) is 2. The van der Waals surface area contributed by atoms with Crippen LogP contribution in [-0.2, 0) is 9.59 Å². The van der Waals surface area contributed by atoms with E-state index in [2.05, 4.69) is 31.4 Å². The van der Waals surface area contributed by atoms with Gasteiger partial charge in [-0.05, 0) is 36.0 Å². The summed E-state index contributed by atoms with van der Waals surface area (Å²) < 4.78 is 0. The monoisotopic (exact) mass is 264 g/mol. The Morgan fingerprint density at radius 2 is 2.11 bits per heavy atom. The van der Waals surface area contributed by atoms with Gasteiger partial charge < -0.3 is 10.6 Å². The minimum Gasteiger partial charge on any atom is -0.355 e. The van der Waals surface area contributed by atoms with Crippen LogP contribution in [0.1, 0.15) is 46.5 Å². The Hall–Kier alpha value is -1.06. The molecular weight excluding hydrogens is 240 g/mol. The molecule has 1 saturated heterocycles. The first-order valence-corrected chi connectivity index (χ1v) is 7.41. The number of fused-ring (bicyclic) bond motifs is 2. The topological polar surface area (TPSA) is 58.2 Å². The van der Waals surface area contributed by atoms with Crippen molar-refractivity contribution >= 4 is 11.8 Å². The van der Waals surface area contributed by atoms with Gasteiger partial charge in [-0.15, -0.1) is 0 Å². The average molecular weight is 264 g/mol. The van der Waals surface area contributed by atoms with E-state index >= 15 is 0 Å². The van der Waals surface area contributed by atoms with Crippen molar-refractivity contribution in [2.45, 2.75) is 52.5 Å². The maximum Gasteiger partial charge on any atom is 0.225 e. The molecule has 2 saturated carbocycles. The second kappa shape index (κ2) is 3.97. The van der Waals surface area contributed by atoms with Crippen molar-refractivity contribution < 1.29 is 9.59 Å². The standard InChI is InChI=1S/C15H24N2O2/c1-14(2)10-4-5-15(14,3)11(7-10)17-13(19)9-6-12(18)16-8-9/h9-11H,4-8H2,1-3H3,(H,16,18)(H,17,19). The van der Waals surface area contributed by atoms with Crippen molar-refractivity contribution in [3.8, 4) is 0 Å². The van der Waals surface area contributed by atoms with Gasteiger partial charge in [0.1, 0.15) is 0 Å². The summed E-state index contributed by atoms with van der Waals surface area (Å²) in [5, 5.41) is 5.97. The summed E-state index contributed by atoms with van der Waals surface area (Å²) >= 11 is 0. The summed E-state index contributed by atoms with van der Waals surface area (Å²) in [6.07, 6.45) is 3.95. The summed E-state index contributed by atoms with van der Waals surface area (Å²) in [6.45, 7) is 7.51. The third-order valence-electron chi connectivity index (χ3n) is 6.46. The van der Waals surface area contributed by atoms with Gasteiger partial charge in [0.05, 0.1) is 5.92 Å². The molecule has 4 atom stereocenters. The molecule has 0 spiro atoms. The number of hydrogen-bond donors (Lipinski definition) is 2. The van der Waals surface area contributed by atoms with Gasteiger partial charge in [-0.2, -0.15) is 0 Å². The van der Waals surface area contributed by atoms with Crippen molar-refractivity contribution in [1.82, 2.24) is 10.6 Å². The Labute approximate surface area is 114 Å². The first kappa shape index (κ1) is 12.9. The van der Waals surface area contributed by atoms with E-state index < -0.39 is 0 Å². The predicted molar refractivity (Wildman–Crippen MR) is 72.3 cm³/mol. The molecule has 2 N–H and O–H groups in total. The Morgan fingerprint density at radius 1 is 1.37 bits per heavy atom. The number of rotatable bonds is 2. The highest BCUT2D eigenvalue weighted by atomic mass is 16.2. The lowest BCUT2D eigenvalue weighted by Gasteiger charge is -2.39. The molecule has 0 aromatic heterocycles. The summed E-state index contributed by atoms with van der Waals surface area (Å²) in [7, 11) is 0. The molecule has 3 aliphatic rings. The molecule has 1 aliphatic heterocycles. The van der Waals surface area contributed by atoms with Crippen LogP contribution >= 0.6 is 0 Å². The molecular formula is C15H24N2O2. The Kier molecular flexibility index (Phi) is 2.70. The maximum atomic E-state index is 12.3. The van der Waals surface area contributed by atoms with Crippen molar-refractivity contribution in [3.63, 3.8) is 0 Å². The van der Waals surface area contributed by atoms with Gasteiger partial charge in [0.15, 0.2) is 0 Å². The largest absolute Gasteiger partial charge is 0.355 e. The molecule has 3 rings (SSSR count). The van der Waals surface area contributed by atoms with Crippen LogP contribution in [0.5, 0.6) is 0 Å². The Balaban J connectivity index is 1.69. The highest BCUT2D eigenvalue weighted by Crippen LogP contribution is 2.65. The van der Waals surface area contributed by atoms with E-state index in [9.17, 15) is 9.59 Å². The van der Waals surface area contributed by atoms with E-state index in [1.165, 1.54) is 12.8 Å². The highest BCUT2D eigenvalue weighted by molar-refractivity contribution is 5.89. The first-order valence-electron chi connectivity index (χ1n) is 7.41. The van der Waals surface area contributed by atoms with E-state index in [1.54, 1.807) is 0 Å². The number of nitrogens with one attached hydrogen (secondary N) is 2. The quantitative estimate of drug-likeness (QED) is 0.793. The molecule has 4 heteroatoms. The molecule has 1 heterocycles. The normalized spacial score (nSPS) is 43.3. The van der Waals surface area contributed by atoms with Crippen molar-refractivity contribution in [2.24, 2.45) is 22.7 Å². The lowest BCUT2D eigenvalue weighted by atomic mass is 9.69. The smallest absolute Gasteiger partial charge is 0.225 e. The summed E-state index contributed by atoms with van der Waals surface area (Å²) in [5.74, 6) is 0.622. The number of carbonyl (C=O) groups is 2. The Bertz CT molecular complexity index is 432. The second-order valence-electron chi connectivity index (χ2n) is 7.38.